The molecule has 0 aromatic rings. The summed E-state index contributed by atoms with van der Waals surface area (Å²) in [7, 11) is 0. The molecule has 0 bridgehead atoms. The topological polar surface area (TPSA) is 12.4 Å². The molecule has 2 atom stereocenters. The van der Waals surface area contributed by atoms with Crippen LogP contribution in [0.25, 0.3) is 0 Å². The molecule has 0 saturated heterocycles. The van der Waals surface area contributed by atoms with Gasteiger partial charge in [0.05, 0.1) is 6.04 Å². The van der Waals surface area contributed by atoms with E-state index >= 15 is 0 Å². The Balaban J connectivity index is 2.38. The normalized spacial score (nSPS) is 30.0. The fourth-order valence-corrected chi connectivity index (χ4v) is 2.14. The number of hydrogen-bond acceptors (Lipinski definition) is 1. The number of allylic oxidation sites excluding steroid dienone is 3. The summed E-state index contributed by atoms with van der Waals surface area (Å²) in [4.78, 5) is 4.54. The quantitative estimate of drug-likeness (QED) is 0.598. The molecule has 0 fully saturated rings. The van der Waals surface area contributed by atoms with E-state index < -0.39 is 0 Å². The van der Waals surface area contributed by atoms with Gasteiger partial charge in [-0.25, -0.2) is 0 Å². The third-order valence-electron chi connectivity index (χ3n) is 2.96. The maximum Gasteiger partial charge on any atom is 0.0811 e. The van der Waals surface area contributed by atoms with Crippen molar-refractivity contribution in [2.24, 2.45) is 16.8 Å². The van der Waals surface area contributed by atoms with Gasteiger partial charge in [-0.15, -0.1) is 0 Å². The SMILES string of the molecule is CC(C)C1=CC=NC2C1=CC=CC2C. The van der Waals surface area contributed by atoms with Gasteiger partial charge in [-0.3, -0.25) is 4.99 Å². The van der Waals surface area contributed by atoms with Crippen LogP contribution in [-0.2, 0) is 0 Å². The Morgan fingerprint density at radius 2 is 2.07 bits per heavy atom. The van der Waals surface area contributed by atoms with Crippen molar-refractivity contribution < 1.29 is 0 Å². The molecule has 1 heterocycles. The maximum absolute atomic E-state index is 4.54. The highest BCUT2D eigenvalue weighted by Gasteiger charge is 2.26. The molecule has 0 saturated carbocycles. The van der Waals surface area contributed by atoms with Crippen molar-refractivity contribution in [1.82, 2.24) is 0 Å². The van der Waals surface area contributed by atoms with Crippen LogP contribution in [-0.4, -0.2) is 12.3 Å². The molecule has 1 nitrogen and oxygen atoms in total. The van der Waals surface area contributed by atoms with Crippen molar-refractivity contribution in [3.63, 3.8) is 0 Å². The molecule has 1 aliphatic heterocycles. The zero-order valence-corrected chi connectivity index (χ0v) is 9.07. The average molecular weight is 187 g/mol. The van der Waals surface area contributed by atoms with Gasteiger partial charge >= 0.3 is 0 Å². The summed E-state index contributed by atoms with van der Waals surface area (Å²) in [5, 5.41) is 0. The fraction of sp³-hybridized carbons (Fsp3) is 0.462. The summed E-state index contributed by atoms with van der Waals surface area (Å²) < 4.78 is 0. The highest BCUT2D eigenvalue weighted by molar-refractivity contribution is 5.77. The van der Waals surface area contributed by atoms with Crippen molar-refractivity contribution in [2.45, 2.75) is 26.8 Å². The fourth-order valence-electron chi connectivity index (χ4n) is 2.14. The molecule has 2 aliphatic rings. The Bertz CT molecular complexity index is 342. The minimum absolute atomic E-state index is 0.363. The van der Waals surface area contributed by atoms with Crippen LogP contribution in [0.15, 0.2) is 40.4 Å². The van der Waals surface area contributed by atoms with Crippen LogP contribution in [0, 0.1) is 11.8 Å². The second-order valence-corrected chi connectivity index (χ2v) is 4.39. The molecule has 0 radical (unpaired) electrons. The number of fused-ring (bicyclic) bond motifs is 1. The monoisotopic (exact) mass is 187 g/mol. The van der Waals surface area contributed by atoms with E-state index in [4.69, 9.17) is 0 Å². The molecule has 74 valence electrons. The van der Waals surface area contributed by atoms with E-state index in [0.717, 1.165) is 0 Å². The molecule has 1 heteroatoms. The van der Waals surface area contributed by atoms with Gasteiger partial charge in [0.2, 0.25) is 0 Å². The lowest BCUT2D eigenvalue weighted by Gasteiger charge is -2.29. The molecule has 14 heavy (non-hydrogen) atoms. The zero-order valence-electron chi connectivity index (χ0n) is 9.07. The van der Waals surface area contributed by atoms with E-state index in [9.17, 15) is 0 Å². The summed E-state index contributed by atoms with van der Waals surface area (Å²) >= 11 is 0. The highest BCUT2D eigenvalue weighted by atomic mass is 14.8. The second-order valence-electron chi connectivity index (χ2n) is 4.39. The van der Waals surface area contributed by atoms with E-state index in [2.05, 4.69) is 50.1 Å². The van der Waals surface area contributed by atoms with E-state index in [1.807, 2.05) is 6.21 Å². The summed E-state index contributed by atoms with van der Waals surface area (Å²) in [6.45, 7) is 6.71. The highest BCUT2D eigenvalue weighted by Crippen LogP contribution is 2.32. The number of hydrogen-bond donors (Lipinski definition) is 0. The van der Waals surface area contributed by atoms with Crippen molar-refractivity contribution in [1.29, 1.82) is 0 Å². The van der Waals surface area contributed by atoms with Gasteiger partial charge in [-0.05, 0) is 23.1 Å². The van der Waals surface area contributed by atoms with Gasteiger partial charge < -0.3 is 0 Å². The first kappa shape index (κ1) is 9.45. The van der Waals surface area contributed by atoms with Crippen LogP contribution >= 0.6 is 0 Å². The first-order valence-corrected chi connectivity index (χ1v) is 5.32. The predicted molar refractivity (Wildman–Crippen MR) is 61.6 cm³/mol. The van der Waals surface area contributed by atoms with Crippen LogP contribution in [0.1, 0.15) is 20.8 Å². The maximum atomic E-state index is 4.54. The van der Waals surface area contributed by atoms with E-state index in [1.165, 1.54) is 11.1 Å². The standard InChI is InChI=1S/C13H17N/c1-9(2)11-7-8-14-13-10(3)5-4-6-12(11)13/h4-10,13H,1-3H3. The summed E-state index contributed by atoms with van der Waals surface area (Å²) in [6.07, 6.45) is 10.7. The number of nitrogens with zero attached hydrogens (tertiary/aromatic N) is 1. The third-order valence-corrected chi connectivity index (χ3v) is 2.96. The minimum atomic E-state index is 0.363. The van der Waals surface area contributed by atoms with Crippen molar-refractivity contribution in [2.75, 3.05) is 0 Å². The van der Waals surface area contributed by atoms with Gasteiger partial charge in [0.25, 0.3) is 0 Å². The largest absolute Gasteiger partial charge is 0.284 e. The first-order valence-electron chi connectivity index (χ1n) is 5.32. The minimum Gasteiger partial charge on any atom is -0.284 e. The lowest BCUT2D eigenvalue weighted by Crippen LogP contribution is -2.24. The molecule has 2 rings (SSSR count). The number of dihydropyridines is 1. The molecular formula is C13H17N. The van der Waals surface area contributed by atoms with Crippen LogP contribution < -0.4 is 0 Å². The van der Waals surface area contributed by atoms with Gasteiger partial charge in [-0.1, -0.05) is 39.0 Å². The van der Waals surface area contributed by atoms with Crippen molar-refractivity contribution in [3.05, 3.63) is 35.5 Å². The van der Waals surface area contributed by atoms with E-state index in [0.29, 0.717) is 17.9 Å². The summed E-state index contributed by atoms with van der Waals surface area (Å²) in [5.41, 5.74) is 2.86. The molecule has 2 unspecified atom stereocenters. The number of aliphatic imine (C=N–C) groups is 1. The lowest BCUT2D eigenvalue weighted by molar-refractivity contribution is 0.586. The Hall–Kier alpha value is -1.11. The predicted octanol–water partition coefficient (Wildman–Crippen LogP) is 3.15. The Morgan fingerprint density at radius 1 is 1.29 bits per heavy atom. The van der Waals surface area contributed by atoms with E-state index in [1.54, 1.807) is 0 Å². The third kappa shape index (κ3) is 1.47. The molecule has 0 spiro atoms. The Kier molecular flexibility index (Phi) is 2.40. The molecule has 0 aromatic heterocycles. The Morgan fingerprint density at radius 3 is 2.79 bits per heavy atom. The number of rotatable bonds is 1. The van der Waals surface area contributed by atoms with Gasteiger partial charge in [0.1, 0.15) is 0 Å². The molecule has 0 aromatic carbocycles. The van der Waals surface area contributed by atoms with Crippen molar-refractivity contribution >= 4 is 6.21 Å². The lowest BCUT2D eigenvalue weighted by atomic mass is 9.81. The van der Waals surface area contributed by atoms with E-state index in [-0.39, 0.29) is 0 Å². The molecular weight excluding hydrogens is 170 g/mol. The van der Waals surface area contributed by atoms with Crippen molar-refractivity contribution in [3.8, 4) is 0 Å². The van der Waals surface area contributed by atoms with Crippen LogP contribution in [0.5, 0.6) is 0 Å². The average Bonchev–Trinajstić information content (AvgIpc) is 2.17. The van der Waals surface area contributed by atoms with Crippen LogP contribution in [0.2, 0.25) is 0 Å². The van der Waals surface area contributed by atoms with Crippen LogP contribution in [0.4, 0.5) is 0 Å². The zero-order chi connectivity index (χ0) is 10.1. The van der Waals surface area contributed by atoms with Gasteiger partial charge in [0, 0.05) is 12.1 Å². The summed E-state index contributed by atoms with van der Waals surface area (Å²) in [5.74, 6) is 1.13. The molecule has 0 amide bonds. The second kappa shape index (κ2) is 3.56. The van der Waals surface area contributed by atoms with Gasteiger partial charge in [0.15, 0.2) is 0 Å². The Labute approximate surface area is 85.9 Å². The van der Waals surface area contributed by atoms with Crippen LogP contribution in [0.3, 0.4) is 0 Å². The van der Waals surface area contributed by atoms with Gasteiger partial charge in [-0.2, -0.15) is 0 Å². The molecule has 0 N–H and O–H groups in total. The first-order chi connectivity index (χ1) is 6.70. The molecule has 1 aliphatic carbocycles. The summed E-state index contributed by atoms with van der Waals surface area (Å²) in [6, 6.07) is 0.363. The smallest absolute Gasteiger partial charge is 0.0811 e.